The van der Waals surface area contributed by atoms with E-state index in [0.29, 0.717) is 0 Å². The Bertz CT molecular complexity index is 496. The summed E-state index contributed by atoms with van der Waals surface area (Å²) in [6, 6.07) is 2.29. The molecule has 1 N–H and O–H groups in total. The lowest BCUT2D eigenvalue weighted by Gasteiger charge is -2.34. The van der Waals surface area contributed by atoms with Gasteiger partial charge in [-0.3, -0.25) is 10.00 Å². The molecule has 6 heteroatoms. The van der Waals surface area contributed by atoms with Crippen LogP contribution in [0.15, 0.2) is 17.8 Å². The SMILES string of the molecule is Cc1ncsc1CN1CCOC[C@@H]1c1ccn[nH]1. The Morgan fingerprint density at radius 1 is 1.61 bits per heavy atom. The number of hydrogen-bond acceptors (Lipinski definition) is 5. The van der Waals surface area contributed by atoms with Gasteiger partial charge < -0.3 is 4.74 Å². The minimum absolute atomic E-state index is 0.266. The molecule has 0 radical (unpaired) electrons. The van der Waals surface area contributed by atoms with Gasteiger partial charge in [-0.2, -0.15) is 5.10 Å². The second kappa shape index (κ2) is 5.17. The Labute approximate surface area is 110 Å². The van der Waals surface area contributed by atoms with Gasteiger partial charge in [0.2, 0.25) is 0 Å². The van der Waals surface area contributed by atoms with Crippen molar-refractivity contribution < 1.29 is 4.74 Å². The molecule has 96 valence electrons. The highest BCUT2D eigenvalue weighted by atomic mass is 32.1. The number of ether oxygens (including phenoxy) is 1. The first-order chi connectivity index (χ1) is 8.84. The van der Waals surface area contributed by atoms with Crippen molar-refractivity contribution in [1.82, 2.24) is 20.1 Å². The van der Waals surface area contributed by atoms with Crippen LogP contribution in [0, 0.1) is 6.92 Å². The van der Waals surface area contributed by atoms with Crippen LogP contribution < -0.4 is 0 Å². The van der Waals surface area contributed by atoms with Crippen LogP contribution in [0.1, 0.15) is 22.3 Å². The quantitative estimate of drug-likeness (QED) is 0.917. The zero-order chi connectivity index (χ0) is 12.4. The van der Waals surface area contributed by atoms with Gasteiger partial charge in [0.15, 0.2) is 0 Å². The summed E-state index contributed by atoms with van der Waals surface area (Å²) in [6.45, 7) is 5.46. The summed E-state index contributed by atoms with van der Waals surface area (Å²) < 4.78 is 5.58. The smallest absolute Gasteiger partial charge is 0.0798 e. The van der Waals surface area contributed by atoms with Gasteiger partial charge in [-0.15, -0.1) is 11.3 Å². The van der Waals surface area contributed by atoms with E-state index in [9.17, 15) is 0 Å². The number of aromatic amines is 1. The summed E-state index contributed by atoms with van der Waals surface area (Å²) in [6.07, 6.45) is 1.79. The predicted octanol–water partition coefficient (Wildman–Crippen LogP) is 1.75. The Kier molecular flexibility index (Phi) is 3.40. The van der Waals surface area contributed by atoms with Gasteiger partial charge in [-0.05, 0) is 13.0 Å². The minimum Gasteiger partial charge on any atom is -0.378 e. The average molecular weight is 264 g/mol. The zero-order valence-corrected chi connectivity index (χ0v) is 11.1. The molecule has 5 nitrogen and oxygen atoms in total. The lowest BCUT2D eigenvalue weighted by atomic mass is 10.1. The number of hydrogen-bond donors (Lipinski definition) is 1. The minimum atomic E-state index is 0.266. The number of nitrogens with one attached hydrogen (secondary N) is 1. The fourth-order valence-electron chi connectivity index (χ4n) is 2.23. The van der Waals surface area contributed by atoms with Gasteiger partial charge >= 0.3 is 0 Å². The molecule has 18 heavy (non-hydrogen) atoms. The van der Waals surface area contributed by atoms with Crippen LogP contribution >= 0.6 is 11.3 Å². The molecular formula is C12H16N4OS. The normalized spacial score (nSPS) is 21.3. The van der Waals surface area contributed by atoms with Crippen molar-refractivity contribution in [2.75, 3.05) is 19.8 Å². The highest BCUT2D eigenvalue weighted by Gasteiger charge is 2.26. The van der Waals surface area contributed by atoms with Gasteiger partial charge in [0.05, 0.1) is 36.2 Å². The average Bonchev–Trinajstić information content (AvgIpc) is 3.03. The lowest BCUT2D eigenvalue weighted by molar-refractivity contribution is -0.0139. The Balaban J connectivity index is 1.78. The van der Waals surface area contributed by atoms with Crippen LogP contribution in [-0.2, 0) is 11.3 Å². The van der Waals surface area contributed by atoms with Gasteiger partial charge in [-0.1, -0.05) is 0 Å². The molecule has 0 spiro atoms. The molecule has 1 saturated heterocycles. The van der Waals surface area contributed by atoms with Crippen molar-refractivity contribution in [2.24, 2.45) is 0 Å². The molecule has 0 bridgehead atoms. The molecule has 1 aliphatic heterocycles. The third kappa shape index (κ3) is 2.31. The number of H-pyrrole nitrogens is 1. The molecule has 0 unspecified atom stereocenters. The summed E-state index contributed by atoms with van der Waals surface area (Å²) in [5.41, 5.74) is 4.17. The highest BCUT2D eigenvalue weighted by Crippen LogP contribution is 2.26. The molecule has 3 heterocycles. The molecule has 0 amide bonds. The van der Waals surface area contributed by atoms with Crippen molar-refractivity contribution >= 4 is 11.3 Å². The van der Waals surface area contributed by atoms with Crippen molar-refractivity contribution in [3.63, 3.8) is 0 Å². The van der Waals surface area contributed by atoms with Crippen molar-refractivity contribution in [2.45, 2.75) is 19.5 Å². The Hall–Kier alpha value is -1.24. The summed E-state index contributed by atoms with van der Waals surface area (Å²) >= 11 is 1.72. The molecule has 3 rings (SSSR count). The molecule has 1 aliphatic rings. The van der Waals surface area contributed by atoms with E-state index in [-0.39, 0.29) is 6.04 Å². The van der Waals surface area contributed by atoms with E-state index in [1.807, 2.05) is 11.6 Å². The summed E-state index contributed by atoms with van der Waals surface area (Å²) in [5.74, 6) is 0. The van der Waals surface area contributed by atoms with E-state index < -0.39 is 0 Å². The third-order valence-corrected chi connectivity index (χ3v) is 4.23. The maximum absolute atomic E-state index is 5.58. The standard InChI is InChI=1S/C12H16N4OS/c1-9-12(18-8-13-9)6-16-4-5-17-7-11(16)10-2-3-14-15-10/h2-3,8,11H,4-7H2,1H3,(H,14,15)/t11-/m1/s1. The number of thiazole rings is 1. The first-order valence-electron chi connectivity index (χ1n) is 6.04. The molecule has 0 saturated carbocycles. The van der Waals surface area contributed by atoms with E-state index in [1.54, 1.807) is 17.5 Å². The second-order valence-corrected chi connectivity index (χ2v) is 5.37. The number of morpholine rings is 1. The largest absolute Gasteiger partial charge is 0.378 e. The molecule has 2 aromatic heterocycles. The van der Waals surface area contributed by atoms with Gasteiger partial charge in [0.1, 0.15) is 0 Å². The summed E-state index contributed by atoms with van der Waals surface area (Å²) in [5, 5.41) is 7.08. The van der Waals surface area contributed by atoms with Crippen LogP contribution in [0.2, 0.25) is 0 Å². The fourth-order valence-corrected chi connectivity index (χ4v) is 3.03. The number of nitrogens with zero attached hydrogens (tertiary/aromatic N) is 3. The molecule has 1 fully saturated rings. The Morgan fingerprint density at radius 3 is 3.28 bits per heavy atom. The summed E-state index contributed by atoms with van der Waals surface area (Å²) in [4.78, 5) is 8.07. The van der Waals surface area contributed by atoms with Gasteiger partial charge in [0.25, 0.3) is 0 Å². The molecule has 2 aromatic rings. The fraction of sp³-hybridized carbons (Fsp3) is 0.500. The van der Waals surface area contributed by atoms with E-state index in [1.165, 1.54) is 4.88 Å². The zero-order valence-electron chi connectivity index (χ0n) is 10.3. The maximum atomic E-state index is 5.58. The van der Waals surface area contributed by atoms with E-state index >= 15 is 0 Å². The lowest BCUT2D eigenvalue weighted by Crippen LogP contribution is -2.39. The predicted molar refractivity (Wildman–Crippen MR) is 69.4 cm³/mol. The molecule has 0 aromatic carbocycles. The van der Waals surface area contributed by atoms with Crippen LogP contribution in [-0.4, -0.2) is 39.8 Å². The van der Waals surface area contributed by atoms with Crippen molar-refractivity contribution in [3.8, 4) is 0 Å². The molecule has 0 aliphatic carbocycles. The van der Waals surface area contributed by atoms with E-state index in [0.717, 1.165) is 37.7 Å². The van der Waals surface area contributed by atoms with Gasteiger partial charge in [0, 0.05) is 24.2 Å². The topological polar surface area (TPSA) is 54.0 Å². The third-order valence-electron chi connectivity index (χ3n) is 3.31. The van der Waals surface area contributed by atoms with E-state index in [2.05, 4.69) is 27.0 Å². The number of aromatic nitrogens is 3. The van der Waals surface area contributed by atoms with E-state index in [4.69, 9.17) is 4.74 Å². The van der Waals surface area contributed by atoms with Crippen molar-refractivity contribution in [3.05, 3.63) is 34.0 Å². The maximum Gasteiger partial charge on any atom is 0.0798 e. The first-order valence-corrected chi connectivity index (χ1v) is 6.92. The van der Waals surface area contributed by atoms with Crippen LogP contribution in [0.25, 0.3) is 0 Å². The highest BCUT2D eigenvalue weighted by molar-refractivity contribution is 7.09. The van der Waals surface area contributed by atoms with Crippen LogP contribution in [0.5, 0.6) is 0 Å². The van der Waals surface area contributed by atoms with Crippen LogP contribution in [0.3, 0.4) is 0 Å². The number of aryl methyl sites for hydroxylation is 1. The molecular weight excluding hydrogens is 248 g/mol. The summed E-state index contributed by atoms with van der Waals surface area (Å²) in [7, 11) is 0. The second-order valence-electron chi connectivity index (χ2n) is 4.43. The first kappa shape index (κ1) is 11.8. The molecule has 1 atom stereocenters. The van der Waals surface area contributed by atoms with Crippen molar-refractivity contribution in [1.29, 1.82) is 0 Å². The monoisotopic (exact) mass is 264 g/mol. The van der Waals surface area contributed by atoms with Crippen LogP contribution in [0.4, 0.5) is 0 Å². The number of rotatable bonds is 3. The Morgan fingerprint density at radius 2 is 2.56 bits per heavy atom. The van der Waals surface area contributed by atoms with Gasteiger partial charge in [-0.25, -0.2) is 4.98 Å².